The predicted octanol–water partition coefficient (Wildman–Crippen LogP) is 4.45. The molecule has 2 N–H and O–H groups in total. The minimum Gasteiger partial charge on any atom is -0.481 e. The van der Waals surface area contributed by atoms with Gasteiger partial charge in [0.2, 0.25) is 10.7 Å². The first kappa shape index (κ1) is 39.6. The number of benzene rings is 2. The molecule has 0 spiro atoms. The number of nitrogens with one attached hydrogen (secondary N) is 2. The summed E-state index contributed by atoms with van der Waals surface area (Å²) in [4.78, 5) is 41.5. The highest BCUT2D eigenvalue weighted by Gasteiger charge is 2.32. The van der Waals surface area contributed by atoms with Gasteiger partial charge in [0.25, 0.3) is 15.9 Å². The number of hydrogen-bond donors (Lipinski definition) is 2. The van der Waals surface area contributed by atoms with Crippen LogP contribution in [0.5, 0.6) is 11.8 Å². The van der Waals surface area contributed by atoms with Crippen LogP contribution in [-0.4, -0.2) is 70.7 Å². The Hall–Kier alpha value is -5.62. The molecule has 0 bridgehead atoms. The Morgan fingerprint density at radius 1 is 1.20 bits per heavy atom. The lowest BCUT2D eigenvalue weighted by molar-refractivity contribution is -0.134. The van der Waals surface area contributed by atoms with Crippen LogP contribution < -0.4 is 29.2 Å². The van der Waals surface area contributed by atoms with Crippen LogP contribution in [0.1, 0.15) is 37.5 Å². The van der Waals surface area contributed by atoms with E-state index in [1.807, 2.05) is 4.57 Å². The molecule has 15 nitrogen and oxygen atoms in total. The van der Waals surface area contributed by atoms with Crippen molar-refractivity contribution in [3.8, 4) is 24.1 Å². The van der Waals surface area contributed by atoms with Crippen molar-refractivity contribution in [2.75, 3.05) is 30.5 Å². The lowest BCUT2D eigenvalue weighted by atomic mass is 9.92. The molecule has 6 rings (SSSR count). The summed E-state index contributed by atoms with van der Waals surface area (Å²) < 4.78 is 95.1. The van der Waals surface area contributed by atoms with Crippen LogP contribution in [0.15, 0.2) is 46.3 Å². The van der Waals surface area contributed by atoms with E-state index in [4.69, 9.17) is 15.9 Å². The Labute approximate surface area is 310 Å². The number of nitrogens with zero attached hydrogens (tertiary/aromatic N) is 7. The maximum Gasteiger partial charge on any atom is 0.389 e. The largest absolute Gasteiger partial charge is 0.481 e. The SMILES string of the molecule is C#CCN1C(=O)COc2cc(F)c(/N=c3\snc4n3CC(C)(C)C4)cc21.COc1nc(C)nc(NC(=O)NS(=O)(=O)c2ccccc2CCC(F)(F)F)n1. The van der Waals surface area contributed by atoms with Crippen molar-refractivity contribution in [2.45, 2.75) is 57.7 Å². The summed E-state index contributed by atoms with van der Waals surface area (Å²) in [6.07, 6.45) is 0.0207. The summed E-state index contributed by atoms with van der Waals surface area (Å²) in [7, 11) is -3.14. The van der Waals surface area contributed by atoms with Gasteiger partial charge in [-0.3, -0.25) is 15.0 Å². The second kappa shape index (κ2) is 15.8. The highest BCUT2D eigenvalue weighted by atomic mass is 32.2. The molecule has 0 atom stereocenters. The van der Waals surface area contributed by atoms with E-state index < -0.39 is 45.8 Å². The zero-order valence-corrected chi connectivity index (χ0v) is 30.8. The number of carbonyl (C=O) groups excluding carboxylic acids is 2. The molecule has 21 heteroatoms. The Balaban J connectivity index is 0.000000208. The molecule has 0 fully saturated rings. The molecule has 3 amide bonds. The van der Waals surface area contributed by atoms with Gasteiger partial charge in [-0.25, -0.2) is 27.3 Å². The van der Waals surface area contributed by atoms with Crippen LogP contribution in [0.3, 0.4) is 0 Å². The minimum absolute atomic E-state index is 0.0715. The van der Waals surface area contributed by atoms with Gasteiger partial charge in [-0.15, -0.1) is 6.42 Å². The van der Waals surface area contributed by atoms with Gasteiger partial charge in [0.1, 0.15) is 23.1 Å². The number of rotatable bonds is 8. The normalized spacial score (nSPS) is 14.9. The number of urea groups is 1. The Morgan fingerprint density at radius 2 is 1.94 bits per heavy atom. The Morgan fingerprint density at radius 3 is 2.65 bits per heavy atom. The molecule has 0 aliphatic carbocycles. The zero-order chi connectivity index (χ0) is 39.4. The smallest absolute Gasteiger partial charge is 0.389 e. The van der Waals surface area contributed by atoms with Crippen LogP contribution >= 0.6 is 11.5 Å². The van der Waals surface area contributed by atoms with E-state index in [-0.39, 0.29) is 53.5 Å². The van der Waals surface area contributed by atoms with Gasteiger partial charge in [-0.2, -0.15) is 32.5 Å². The third-order valence-electron chi connectivity index (χ3n) is 7.74. The topological polar surface area (TPSA) is 183 Å². The van der Waals surface area contributed by atoms with Gasteiger partial charge in [0, 0.05) is 37.0 Å². The van der Waals surface area contributed by atoms with E-state index in [0.717, 1.165) is 24.9 Å². The molecule has 4 heterocycles. The summed E-state index contributed by atoms with van der Waals surface area (Å²) in [5, 5.41) is 2.11. The van der Waals surface area contributed by atoms with Crippen molar-refractivity contribution in [2.24, 2.45) is 10.4 Å². The number of fused-ring (bicyclic) bond motifs is 2. The maximum absolute atomic E-state index is 14.5. The number of alkyl halides is 3. The molecule has 2 aromatic heterocycles. The predicted molar refractivity (Wildman–Crippen MR) is 187 cm³/mol. The number of ether oxygens (including phenoxy) is 2. The first-order valence-corrected chi connectivity index (χ1v) is 18.2. The lowest BCUT2D eigenvalue weighted by Gasteiger charge is -2.28. The van der Waals surface area contributed by atoms with Crippen LogP contribution in [-0.2, 0) is 34.2 Å². The fourth-order valence-corrected chi connectivity index (χ4v) is 7.34. The van der Waals surface area contributed by atoms with Crippen molar-refractivity contribution < 1.29 is 45.0 Å². The number of hydrogen-bond acceptors (Lipinski definition) is 12. The van der Waals surface area contributed by atoms with Gasteiger partial charge in [0.05, 0.1) is 24.2 Å². The standard InChI is InChI=1S/C18H17FN4O2S.C15H16F3N5O4S/c1-4-5-22-13-7-12(11(19)6-14(13)25-9-16(22)24)20-17-23-10-18(2,3)8-15(23)21-26-17;1-9-19-12(22-14(20-9)27-2)21-13(24)23-28(25,26)11-6-4-3-5-10(11)7-8-15(16,17)18/h1,6-7H,5,8-10H2,2-3H3;3-6H,7-8H2,1-2H3,(H2,19,20,21,22,23,24)/b20-17-;. The van der Waals surface area contributed by atoms with Crippen molar-refractivity contribution in [1.29, 1.82) is 0 Å². The van der Waals surface area contributed by atoms with Gasteiger partial charge >= 0.3 is 18.2 Å². The van der Waals surface area contributed by atoms with Crippen LogP contribution in [0.2, 0.25) is 0 Å². The van der Waals surface area contributed by atoms with E-state index in [1.54, 1.807) is 4.72 Å². The monoisotopic (exact) mass is 791 g/mol. The summed E-state index contributed by atoms with van der Waals surface area (Å²) in [6.45, 7) is 6.56. The van der Waals surface area contributed by atoms with Crippen LogP contribution in [0.4, 0.5) is 39.7 Å². The summed E-state index contributed by atoms with van der Waals surface area (Å²) in [5.41, 5.74) is 0.607. The Bertz CT molecular complexity index is 2300. The average Bonchev–Trinajstić information content (AvgIpc) is 3.59. The molecule has 0 radical (unpaired) electrons. The van der Waals surface area contributed by atoms with E-state index in [9.17, 15) is 35.6 Å². The molecular weight excluding hydrogens is 759 g/mol. The minimum atomic E-state index is -4.45. The molecule has 54 heavy (non-hydrogen) atoms. The van der Waals surface area contributed by atoms with Crippen LogP contribution in [0.25, 0.3) is 0 Å². The number of aryl methyl sites for hydroxylation is 2. The number of anilines is 2. The van der Waals surface area contributed by atoms with E-state index >= 15 is 0 Å². The third kappa shape index (κ3) is 9.67. The number of terminal acetylenes is 1. The third-order valence-corrected chi connectivity index (χ3v) is 9.94. The quantitative estimate of drug-likeness (QED) is 0.191. The van der Waals surface area contributed by atoms with Gasteiger partial charge in [0.15, 0.2) is 12.4 Å². The molecule has 2 aliphatic heterocycles. The summed E-state index contributed by atoms with van der Waals surface area (Å²) in [5.74, 6) is 2.87. The maximum atomic E-state index is 14.5. The van der Waals surface area contributed by atoms with E-state index in [1.165, 1.54) is 60.8 Å². The van der Waals surface area contributed by atoms with Crippen LogP contribution in [0, 0.1) is 30.5 Å². The van der Waals surface area contributed by atoms with E-state index in [0.29, 0.717) is 16.2 Å². The Kier molecular flexibility index (Phi) is 11.6. The second-order valence-corrected chi connectivity index (χ2v) is 15.0. The molecule has 2 aliphatic rings. The summed E-state index contributed by atoms with van der Waals surface area (Å²) >= 11 is 1.24. The number of amides is 3. The molecule has 286 valence electrons. The number of carbonyl (C=O) groups is 2. The molecular formula is C33H33F4N9O6S2. The van der Waals surface area contributed by atoms with Gasteiger partial charge < -0.3 is 14.0 Å². The van der Waals surface area contributed by atoms with Crippen molar-refractivity contribution >= 4 is 50.8 Å². The second-order valence-electron chi connectivity index (χ2n) is 12.6. The zero-order valence-electron chi connectivity index (χ0n) is 29.2. The molecule has 0 saturated heterocycles. The molecule has 0 unspecified atom stereocenters. The average molecular weight is 792 g/mol. The molecule has 2 aromatic carbocycles. The van der Waals surface area contributed by atoms with E-state index in [2.05, 4.69) is 49.4 Å². The first-order chi connectivity index (χ1) is 25.4. The highest BCUT2D eigenvalue weighted by Crippen LogP contribution is 2.37. The molecule has 0 saturated carbocycles. The number of methoxy groups -OCH3 is 1. The number of aromatic nitrogens is 5. The lowest BCUT2D eigenvalue weighted by Crippen LogP contribution is -2.39. The summed E-state index contributed by atoms with van der Waals surface area (Å²) in [6, 6.07) is 6.57. The highest BCUT2D eigenvalue weighted by molar-refractivity contribution is 7.90. The van der Waals surface area contributed by atoms with Gasteiger partial charge in [-0.1, -0.05) is 38.0 Å². The van der Waals surface area contributed by atoms with Gasteiger partial charge in [-0.05, 0) is 36.5 Å². The van der Waals surface area contributed by atoms with Crippen molar-refractivity contribution in [3.63, 3.8) is 0 Å². The number of sulfonamides is 1. The molecule has 4 aromatic rings. The number of halogens is 4. The fourth-order valence-electron chi connectivity index (χ4n) is 5.40. The van der Waals surface area contributed by atoms with Crippen molar-refractivity contribution in [3.05, 3.63) is 64.2 Å². The van der Waals surface area contributed by atoms with Crippen molar-refractivity contribution in [1.82, 2.24) is 28.6 Å². The first-order valence-electron chi connectivity index (χ1n) is 15.9. The fraction of sp³-hybridized carbons (Fsp3) is 0.364.